The van der Waals surface area contributed by atoms with Crippen molar-refractivity contribution in [2.24, 2.45) is 0 Å². The van der Waals surface area contributed by atoms with Gasteiger partial charge in [0.2, 0.25) is 0 Å². The largest absolute Gasteiger partial charge is 0.465 e. The Morgan fingerprint density at radius 1 is 1.07 bits per heavy atom. The van der Waals surface area contributed by atoms with Crippen LogP contribution in [0.15, 0.2) is 48.5 Å². The zero-order valence-electron chi connectivity index (χ0n) is 15.8. The summed E-state index contributed by atoms with van der Waals surface area (Å²) < 4.78 is 4.65. The Labute approximate surface area is 171 Å². The number of nitrogens with two attached hydrogens (primary N) is 1. The fourth-order valence-corrected chi connectivity index (χ4v) is 3.56. The van der Waals surface area contributed by atoms with Crippen LogP contribution in [0.4, 0.5) is 22.1 Å². The molecule has 0 fully saturated rings. The van der Waals surface area contributed by atoms with Gasteiger partial charge in [-0.15, -0.1) is 11.3 Å². The number of carbonyl (C=O) groups excluding carboxylic acids is 2. The number of nitrogens with one attached hydrogen (secondary N) is 2. The van der Waals surface area contributed by atoms with Crippen molar-refractivity contribution in [3.63, 3.8) is 0 Å². The van der Waals surface area contributed by atoms with Crippen molar-refractivity contribution >= 4 is 45.3 Å². The van der Waals surface area contributed by atoms with Crippen molar-refractivity contribution in [3.05, 3.63) is 70.1 Å². The summed E-state index contributed by atoms with van der Waals surface area (Å²) in [5.74, 6) is -0.900. The molecule has 146 valence electrons. The van der Waals surface area contributed by atoms with Gasteiger partial charge >= 0.3 is 5.97 Å². The van der Waals surface area contributed by atoms with Crippen molar-refractivity contribution in [1.82, 2.24) is 0 Å². The Morgan fingerprint density at radius 3 is 2.28 bits per heavy atom. The van der Waals surface area contributed by atoms with E-state index in [4.69, 9.17) is 5.73 Å². The van der Waals surface area contributed by atoms with Gasteiger partial charge in [0.05, 0.1) is 18.4 Å². The van der Waals surface area contributed by atoms with E-state index in [2.05, 4.69) is 21.4 Å². The van der Waals surface area contributed by atoms with Gasteiger partial charge in [-0.25, -0.2) is 4.79 Å². The van der Waals surface area contributed by atoms with Crippen LogP contribution in [0.2, 0.25) is 0 Å². The number of nitrogen functional groups attached to an aromatic ring is 1. The first-order valence-corrected chi connectivity index (χ1v) is 9.40. The number of aryl methyl sites for hydroxylation is 1. The zero-order valence-corrected chi connectivity index (χ0v) is 16.6. The van der Waals surface area contributed by atoms with Crippen LogP contribution in [0, 0.1) is 18.3 Å². The van der Waals surface area contributed by atoms with E-state index in [1.54, 1.807) is 24.3 Å². The van der Waals surface area contributed by atoms with Gasteiger partial charge in [-0.3, -0.25) is 4.79 Å². The number of amides is 1. The van der Waals surface area contributed by atoms with E-state index in [-0.39, 0.29) is 16.1 Å². The lowest BCUT2D eigenvalue weighted by Crippen LogP contribution is -2.12. The van der Waals surface area contributed by atoms with Crippen LogP contribution in [0.1, 0.15) is 31.2 Å². The highest BCUT2D eigenvalue weighted by Crippen LogP contribution is 2.37. The molecule has 4 N–H and O–H groups in total. The maximum atomic E-state index is 12.7. The van der Waals surface area contributed by atoms with E-state index in [0.29, 0.717) is 16.3 Å². The number of hydrogen-bond donors (Lipinski definition) is 3. The standard InChI is InChI=1S/C21H18N4O3S/c1-12-3-7-15(8-4-12)25-20-16(11-22)17(23)18(29-20)19(26)24-14-9-5-13(6-10-14)21(27)28-2/h3-10,25H,23H2,1-2H3,(H,24,26). The molecule has 0 aliphatic heterocycles. The van der Waals surface area contributed by atoms with Crippen LogP contribution in [0.25, 0.3) is 0 Å². The molecule has 0 aliphatic carbocycles. The number of rotatable bonds is 5. The zero-order chi connectivity index (χ0) is 21.0. The van der Waals surface area contributed by atoms with E-state index in [1.807, 2.05) is 31.2 Å². The Morgan fingerprint density at radius 2 is 1.69 bits per heavy atom. The molecular weight excluding hydrogens is 388 g/mol. The van der Waals surface area contributed by atoms with Gasteiger partial charge in [0.25, 0.3) is 5.91 Å². The summed E-state index contributed by atoms with van der Waals surface area (Å²) in [5, 5.41) is 15.8. The number of ether oxygens (including phenoxy) is 1. The van der Waals surface area contributed by atoms with Gasteiger partial charge < -0.3 is 21.1 Å². The number of thiophene rings is 1. The molecule has 8 heteroatoms. The Bertz CT molecular complexity index is 1100. The fourth-order valence-electron chi connectivity index (χ4n) is 2.57. The number of carbonyl (C=O) groups is 2. The summed E-state index contributed by atoms with van der Waals surface area (Å²) in [5.41, 5.74) is 9.16. The SMILES string of the molecule is COC(=O)c1ccc(NC(=O)c2sc(Nc3ccc(C)cc3)c(C#N)c2N)cc1. The third-order valence-electron chi connectivity index (χ3n) is 4.14. The topological polar surface area (TPSA) is 117 Å². The first kappa shape index (κ1) is 19.9. The smallest absolute Gasteiger partial charge is 0.337 e. The molecule has 3 aromatic rings. The molecule has 3 rings (SSSR count). The highest BCUT2D eigenvalue weighted by molar-refractivity contribution is 7.19. The maximum Gasteiger partial charge on any atom is 0.337 e. The molecule has 0 spiro atoms. The third-order valence-corrected chi connectivity index (χ3v) is 5.26. The van der Waals surface area contributed by atoms with Gasteiger partial charge in [0.15, 0.2) is 0 Å². The average molecular weight is 406 g/mol. The number of nitriles is 1. The minimum Gasteiger partial charge on any atom is -0.465 e. The summed E-state index contributed by atoms with van der Waals surface area (Å²) in [7, 11) is 1.30. The van der Waals surface area contributed by atoms with Crippen LogP contribution >= 0.6 is 11.3 Å². The molecule has 0 atom stereocenters. The van der Waals surface area contributed by atoms with Gasteiger partial charge in [-0.05, 0) is 43.3 Å². The van der Waals surface area contributed by atoms with E-state index in [9.17, 15) is 14.9 Å². The number of nitrogens with zero attached hydrogens (tertiary/aromatic N) is 1. The fraction of sp³-hybridized carbons (Fsp3) is 0.0952. The molecule has 0 saturated carbocycles. The predicted octanol–water partition coefficient (Wildman–Crippen LogP) is 4.29. The second-order valence-electron chi connectivity index (χ2n) is 6.17. The van der Waals surface area contributed by atoms with Crippen LogP contribution in [0.3, 0.4) is 0 Å². The molecule has 1 aromatic heterocycles. The molecule has 0 unspecified atom stereocenters. The highest BCUT2D eigenvalue weighted by atomic mass is 32.1. The summed E-state index contributed by atoms with van der Waals surface area (Å²) in [6, 6.07) is 16.0. The molecule has 2 aromatic carbocycles. The van der Waals surface area contributed by atoms with Crippen molar-refractivity contribution in [3.8, 4) is 6.07 Å². The summed E-state index contributed by atoms with van der Waals surface area (Å²) in [6.07, 6.45) is 0. The lowest BCUT2D eigenvalue weighted by atomic mass is 10.2. The number of methoxy groups -OCH3 is 1. The first-order chi connectivity index (χ1) is 13.9. The molecule has 1 amide bonds. The Kier molecular flexibility index (Phi) is 5.81. The van der Waals surface area contributed by atoms with E-state index in [0.717, 1.165) is 22.6 Å². The number of hydrogen-bond acceptors (Lipinski definition) is 7. The molecule has 29 heavy (non-hydrogen) atoms. The van der Waals surface area contributed by atoms with Crippen LogP contribution in [-0.2, 0) is 4.74 Å². The number of benzene rings is 2. The summed E-state index contributed by atoms with van der Waals surface area (Å²) in [6.45, 7) is 1.98. The van der Waals surface area contributed by atoms with Gasteiger partial charge in [-0.1, -0.05) is 17.7 Å². The van der Waals surface area contributed by atoms with Crippen LogP contribution < -0.4 is 16.4 Å². The molecule has 7 nitrogen and oxygen atoms in total. The molecule has 1 heterocycles. The molecule has 0 aliphatic rings. The monoisotopic (exact) mass is 406 g/mol. The van der Waals surface area contributed by atoms with Crippen molar-refractivity contribution in [2.75, 3.05) is 23.5 Å². The van der Waals surface area contributed by atoms with E-state index >= 15 is 0 Å². The van der Waals surface area contributed by atoms with Gasteiger partial charge in [-0.2, -0.15) is 5.26 Å². The average Bonchev–Trinajstić information content (AvgIpc) is 3.04. The van der Waals surface area contributed by atoms with Gasteiger partial charge in [0.1, 0.15) is 21.5 Å². The lowest BCUT2D eigenvalue weighted by molar-refractivity contribution is 0.0600. The Hall–Kier alpha value is -3.83. The van der Waals surface area contributed by atoms with Crippen LogP contribution in [0.5, 0.6) is 0 Å². The van der Waals surface area contributed by atoms with E-state index in [1.165, 1.54) is 7.11 Å². The van der Waals surface area contributed by atoms with E-state index < -0.39 is 11.9 Å². The van der Waals surface area contributed by atoms with Crippen molar-refractivity contribution < 1.29 is 14.3 Å². The normalized spacial score (nSPS) is 10.1. The highest BCUT2D eigenvalue weighted by Gasteiger charge is 2.21. The molecule has 0 radical (unpaired) electrons. The number of anilines is 4. The Balaban J connectivity index is 1.82. The van der Waals surface area contributed by atoms with Crippen molar-refractivity contribution in [1.29, 1.82) is 5.26 Å². The lowest BCUT2D eigenvalue weighted by Gasteiger charge is -2.05. The molecule has 0 saturated heterocycles. The second kappa shape index (κ2) is 8.46. The second-order valence-corrected chi connectivity index (χ2v) is 7.20. The van der Waals surface area contributed by atoms with Crippen LogP contribution in [-0.4, -0.2) is 19.0 Å². The minimum atomic E-state index is -0.462. The first-order valence-electron chi connectivity index (χ1n) is 8.58. The molecule has 0 bridgehead atoms. The summed E-state index contributed by atoms with van der Waals surface area (Å²) >= 11 is 1.10. The van der Waals surface area contributed by atoms with Crippen molar-refractivity contribution in [2.45, 2.75) is 6.92 Å². The minimum absolute atomic E-state index is 0.121. The number of esters is 1. The molecular formula is C21H18N4O3S. The third kappa shape index (κ3) is 4.36. The maximum absolute atomic E-state index is 12.7. The predicted molar refractivity (Wildman–Crippen MR) is 114 cm³/mol. The quantitative estimate of drug-likeness (QED) is 0.544. The summed E-state index contributed by atoms with van der Waals surface area (Å²) in [4.78, 5) is 24.4. The van der Waals surface area contributed by atoms with Gasteiger partial charge in [0, 0.05) is 11.4 Å².